The SMILES string of the molecule is CC[C@@H](COCC1CC1)N1C(=O)[C@@](C)(CC(=O)O)CC(c2cccc(Cl)c2)C1c1ccc(Cl)cc1. The Balaban J connectivity index is 1.81. The second-order valence-corrected chi connectivity index (χ2v) is 11.1. The number of carbonyl (C=O) groups excluding carboxylic acids is 1. The van der Waals surface area contributed by atoms with Crippen molar-refractivity contribution in [3.05, 3.63) is 69.7 Å². The number of nitrogens with zero attached hydrogens (tertiary/aromatic N) is 1. The lowest BCUT2D eigenvalue weighted by atomic mass is 9.67. The number of carboxylic acids is 1. The number of hydrogen-bond donors (Lipinski definition) is 1. The standard InChI is InChI=1S/C28H33Cl2NO4/c1-3-23(17-35-16-18-7-8-18)31-26(19-9-11-21(29)12-10-19)24(20-5-4-6-22(30)13-20)14-28(2,27(31)34)15-25(32)33/h4-6,9-13,18,23-24,26H,3,7-8,14-17H2,1-2H3,(H,32,33)/t23-,24?,26?,28+/m0/s1. The molecule has 2 aromatic rings. The number of likely N-dealkylation sites (tertiary alicyclic amines) is 1. The van der Waals surface area contributed by atoms with Crippen molar-refractivity contribution in [1.29, 1.82) is 0 Å². The summed E-state index contributed by atoms with van der Waals surface area (Å²) in [5.74, 6) is -0.642. The van der Waals surface area contributed by atoms with Crippen molar-refractivity contribution >= 4 is 35.1 Å². The Morgan fingerprint density at radius 3 is 2.46 bits per heavy atom. The average molecular weight is 518 g/mol. The van der Waals surface area contributed by atoms with Gasteiger partial charge < -0.3 is 14.7 Å². The van der Waals surface area contributed by atoms with Gasteiger partial charge in [-0.3, -0.25) is 9.59 Å². The highest BCUT2D eigenvalue weighted by atomic mass is 35.5. The van der Waals surface area contributed by atoms with E-state index >= 15 is 0 Å². The topological polar surface area (TPSA) is 66.8 Å². The van der Waals surface area contributed by atoms with Crippen molar-refractivity contribution in [2.24, 2.45) is 11.3 Å². The number of carbonyl (C=O) groups is 2. The number of benzene rings is 2. The molecule has 7 heteroatoms. The van der Waals surface area contributed by atoms with Crippen LogP contribution in [-0.4, -0.2) is 41.1 Å². The molecule has 2 fully saturated rings. The van der Waals surface area contributed by atoms with E-state index in [1.165, 1.54) is 12.8 Å². The van der Waals surface area contributed by atoms with Crippen LogP contribution in [0.25, 0.3) is 0 Å². The fourth-order valence-corrected chi connectivity index (χ4v) is 5.66. The molecule has 1 aliphatic heterocycles. The van der Waals surface area contributed by atoms with Crippen LogP contribution in [0, 0.1) is 11.3 Å². The van der Waals surface area contributed by atoms with Crippen LogP contribution in [0.1, 0.15) is 69.0 Å². The van der Waals surface area contributed by atoms with Crippen LogP contribution in [-0.2, 0) is 14.3 Å². The first-order chi connectivity index (χ1) is 16.7. The van der Waals surface area contributed by atoms with Crippen LogP contribution in [0.2, 0.25) is 10.0 Å². The quantitative estimate of drug-likeness (QED) is 0.379. The Kier molecular flexibility index (Phi) is 8.09. The lowest BCUT2D eigenvalue weighted by Gasteiger charge is -2.51. The van der Waals surface area contributed by atoms with Gasteiger partial charge in [0.15, 0.2) is 0 Å². The number of aliphatic carboxylic acids is 1. The van der Waals surface area contributed by atoms with Gasteiger partial charge in [0.05, 0.1) is 30.5 Å². The molecule has 4 atom stereocenters. The van der Waals surface area contributed by atoms with Crippen molar-refractivity contribution in [3.8, 4) is 0 Å². The molecule has 1 N–H and O–H groups in total. The molecule has 188 valence electrons. The monoisotopic (exact) mass is 517 g/mol. The van der Waals surface area contributed by atoms with Gasteiger partial charge in [-0.1, -0.05) is 61.3 Å². The van der Waals surface area contributed by atoms with Gasteiger partial charge in [-0.05, 0) is 67.0 Å². The zero-order valence-corrected chi connectivity index (χ0v) is 21.8. The Morgan fingerprint density at radius 1 is 1.14 bits per heavy atom. The summed E-state index contributed by atoms with van der Waals surface area (Å²) >= 11 is 12.6. The third-order valence-electron chi connectivity index (χ3n) is 7.36. The molecule has 4 rings (SSSR count). The third kappa shape index (κ3) is 6.02. The highest BCUT2D eigenvalue weighted by Gasteiger charge is 2.52. The molecule has 0 aromatic heterocycles. The summed E-state index contributed by atoms with van der Waals surface area (Å²) < 4.78 is 6.07. The maximum absolute atomic E-state index is 14.1. The average Bonchev–Trinajstić information content (AvgIpc) is 3.63. The molecule has 2 aromatic carbocycles. The van der Waals surface area contributed by atoms with Crippen molar-refractivity contribution < 1.29 is 19.4 Å². The molecule has 2 aliphatic rings. The van der Waals surface area contributed by atoms with Crippen molar-refractivity contribution in [1.82, 2.24) is 4.90 Å². The summed E-state index contributed by atoms with van der Waals surface area (Å²) in [5.41, 5.74) is 0.900. The number of carboxylic acid groups (broad SMARTS) is 1. The van der Waals surface area contributed by atoms with Gasteiger partial charge in [0, 0.05) is 22.6 Å². The predicted molar refractivity (Wildman–Crippen MR) is 138 cm³/mol. The van der Waals surface area contributed by atoms with E-state index in [1.54, 1.807) is 6.92 Å². The second-order valence-electron chi connectivity index (χ2n) is 10.2. The molecular weight excluding hydrogens is 485 g/mol. The molecule has 0 spiro atoms. The van der Waals surface area contributed by atoms with E-state index in [0.29, 0.717) is 42.0 Å². The van der Waals surface area contributed by atoms with Crippen molar-refractivity contribution in [3.63, 3.8) is 0 Å². The van der Waals surface area contributed by atoms with Crippen molar-refractivity contribution in [2.75, 3.05) is 13.2 Å². The van der Waals surface area contributed by atoms with Gasteiger partial charge in [-0.2, -0.15) is 0 Å². The Morgan fingerprint density at radius 2 is 1.86 bits per heavy atom. The number of rotatable bonds is 10. The number of halogens is 2. The molecular formula is C28H33Cl2NO4. The maximum atomic E-state index is 14.1. The van der Waals surface area contributed by atoms with Gasteiger partial charge in [0.1, 0.15) is 0 Å². The van der Waals surface area contributed by atoms with E-state index in [0.717, 1.165) is 11.1 Å². The molecule has 2 unspecified atom stereocenters. The highest BCUT2D eigenvalue weighted by Crippen LogP contribution is 2.52. The minimum atomic E-state index is -1.05. The van der Waals surface area contributed by atoms with E-state index in [1.807, 2.05) is 53.4 Å². The van der Waals surface area contributed by atoms with Gasteiger partial charge in [0.2, 0.25) is 5.91 Å². The first-order valence-electron chi connectivity index (χ1n) is 12.3. The van der Waals surface area contributed by atoms with Crippen molar-refractivity contribution in [2.45, 2.75) is 64.0 Å². The van der Waals surface area contributed by atoms with Crippen LogP contribution in [0.3, 0.4) is 0 Å². The summed E-state index contributed by atoms with van der Waals surface area (Å²) in [6, 6.07) is 14.8. The molecule has 35 heavy (non-hydrogen) atoms. The second kappa shape index (κ2) is 10.9. The molecule has 5 nitrogen and oxygen atoms in total. The zero-order valence-electron chi connectivity index (χ0n) is 20.3. The summed E-state index contributed by atoms with van der Waals surface area (Å²) in [4.78, 5) is 27.9. The van der Waals surface area contributed by atoms with E-state index < -0.39 is 11.4 Å². The third-order valence-corrected chi connectivity index (χ3v) is 7.84. The van der Waals surface area contributed by atoms with Crippen LogP contribution < -0.4 is 0 Å². The van der Waals surface area contributed by atoms with Crippen LogP contribution in [0.15, 0.2) is 48.5 Å². The molecule has 0 radical (unpaired) electrons. The molecule has 1 amide bonds. The lowest BCUT2D eigenvalue weighted by molar-refractivity contribution is -0.162. The van der Waals surface area contributed by atoms with E-state index in [9.17, 15) is 14.7 Å². The first kappa shape index (κ1) is 26.0. The molecule has 1 saturated carbocycles. The minimum absolute atomic E-state index is 0.139. The maximum Gasteiger partial charge on any atom is 0.304 e. The highest BCUT2D eigenvalue weighted by molar-refractivity contribution is 6.30. The Hall–Kier alpha value is -2.08. The first-order valence-corrected chi connectivity index (χ1v) is 13.1. The van der Waals surface area contributed by atoms with Gasteiger partial charge in [-0.15, -0.1) is 0 Å². The van der Waals surface area contributed by atoms with E-state index in [2.05, 4.69) is 6.92 Å². The molecule has 0 bridgehead atoms. The summed E-state index contributed by atoms with van der Waals surface area (Å²) in [7, 11) is 0. The largest absolute Gasteiger partial charge is 0.481 e. The number of hydrogen-bond acceptors (Lipinski definition) is 3. The van der Waals surface area contributed by atoms with E-state index in [-0.39, 0.29) is 30.3 Å². The van der Waals surface area contributed by atoms with Gasteiger partial charge in [-0.25, -0.2) is 0 Å². The van der Waals surface area contributed by atoms with Crippen LogP contribution in [0.5, 0.6) is 0 Å². The van der Waals surface area contributed by atoms with Gasteiger partial charge in [0.25, 0.3) is 0 Å². The molecule has 1 heterocycles. The molecule has 1 saturated heterocycles. The summed E-state index contributed by atoms with van der Waals surface area (Å²) in [6.07, 6.45) is 3.26. The fraction of sp³-hybridized carbons (Fsp3) is 0.500. The number of amides is 1. The Bertz CT molecular complexity index is 1060. The number of piperidine rings is 1. The Labute approximate surface area is 217 Å². The van der Waals surface area contributed by atoms with E-state index in [4.69, 9.17) is 27.9 Å². The predicted octanol–water partition coefficient (Wildman–Crippen LogP) is 6.74. The summed E-state index contributed by atoms with van der Waals surface area (Å²) in [6.45, 7) is 4.96. The minimum Gasteiger partial charge on any atom is -0.481 e. The lowest BCUT2D eigenvalue weighted by Crippen LogP contribution is -2.57. The summed E-state index contributed by atoms with van der Waals surface area (Å²) in [5, 5.41) is 11.0. The van der Waals surface area contributed by atoms with Crippen LogP contribution in [0.4, 0.5) is 0 Å². The fourth-order valence-electron chi connectivity index (χ4n) is 5.33. The normalized spacial score (nSPS) is 25.5. The van der Waals surface area contributed by atoms with Crippen LogP contribution >= 0.6 is 23.2 Å². The number of ether oxygens (including phenoxy) is 1. The zero-order chi connectivity index (χ0) is 25.2. The van der Waals surface area contributed by atoms with Gasteiger partial charge >= 0.3 is 5.97 Å². The molecule has 1 aliphatic carbocycles. The smallest absolute Gasteiger partial charge is 0.304 e.